The van der Waals surface area contributed by atoms with E-state index in [0.29, 0.717) is 11.7 Å². The van der Waals surface area contributed by atoms with Crippen LogP contribution in [0.4, 0.5) is 10.5 Å². The van der Waals surface area contributed by atoms with Gasteiger partial charge in [-0.25, -0.2) is 10.2 Å². The fourth-order valence-electron chi connectivity index (χ4n) is 1.85. The Morgan fingerprint density at radius 2 is 1.67 bits per heavy atom. The number of nitrogens with one attached hydrogen (secondary N) is 3. The summed E-state index contributed by atoms with van der Waals surface area (Å²) in [6.07, 6.45) is 0.952. The van der Waals surface area contributed by atoms with Crippen molar-refractivity contribution < 1.29 is 4.79 Å². The zero-order valence-corrected chi connectivity index (χ0v) is 14.5. The van der Waals surface area contributed by atoms with Crippen LogP contribution in [0.5, 0.6) is 0 Å². The Labute approximate surface area is 146 Å². The molecular formula is C18H22N4OS. The smallest absolute Gasteiger partial charge is 0.307 e. The number of amidine groups is 1. The number of benzene rings is 2. The molecule has 0 aliphatic carbocycles. The Morgan fingerprint density at radius 1 is 1.00 bits per heavy atom. The molecule has 0 unspecified atom stereocenters. The molecule has 0 saturated heterocycles. The second kappa shape index (κ2) is 10.3. The molecule has 0 atom stereocenters. The molecule has 0 heterocycles. The maximum absolute atomic E-state index is 11.9. The first kappa shape index (κ1) is 17.9. The van der Waals surface area contributed by atoms with Crippen molar-refractivity contribution in [1.82, 2.24) is 10.9 Å². The van der Waals surface area contributed by atoms with E-state index in [-0.39, 0.29) is 6.03 Å². The molecule has 2 aromatic rings. The van der Waals surface area contributed by atoms with E-state index in [4.69, 9.17) is 0 Å². The van der Waals surface area contributed by atoms with Crippen molar-refractivity contribution in [3.63, 3.8) is 0 Å². The largest absolute Gasteiger partial charge is 0.337 e. The summed E-state index contributed by atoms with van der Waals surface area (Å²) in [6, 6.07) is 19.1. The minimum absolute atomic E-state index is 0.328. The second-order valence-corrected chi connectivity index (χ2v) is 6.00. The highest BCUT2D eigenvalue weighted by molar-refractivity contribution is 8.13. The monoisotopic (exact) mass is 342 g/mol. The van der Waals surface area contributed by atoms with E-state index < -0.39 is 0 Å². The highest BCUT2D eigenvalue weighted by Gasteiger charge is 2.04. The molecule has 126 valence electrons. The van der Waals surface area contributed by atoms with Crippen LogP contribution in [0.2, 0.25) is 0 Å². The third kappa shape index (κ3) is 6.75. The summed E-state index contributed by atoms with van der Waals surface area (Å²) in [5.41, 5.74) is 7.47. The van der Waals surface area contributed by atoms with Crippen LogP contribution in [0, 0.1) is 0 Å². The minimum atomic E-state index is -0.328. The van der Waals surface area contributed by atoms with E-state index >= 15 is 0 Å². The predicted octanol–water partition coefficient (Wildman–Crippen LogP) is 4.01. The van der Waals surface area contributed by atoms with Crippen molar-refractivity contribution in [2.24, 2.45) is 4.99 Å². The van der Waals surface area contributed by atoms with Crippen molar-refractivity contribution >= 4 is 28.6 Å². The number of rotatable bonds is 5. The third-order valence-corrected chi connectivity index (χ3v) is 3.99. The maximum Gasteiger partial charge on any atom is 0.337 e. The molecule has 0 fully saturated rings. The molecule has 3 N–H and O–H groups in total. The average molecular weight is 342 g/mol. The van der Waals surface area contributed by atoms with Crippen LogP contribution in [0.15, 0.2) is 65.7 Å². The first-order valence-electron chi connectivity index (χ1n) is 7.87. The van der Waals surface area contributed by atoms with Crippen molar-refractivity contribution in [1.29, 1.82) is 0 Å². The molecule has 0 bridgehead atoms. The number of urea groups is 1. The molecule has 0 radical (unpaired) electrons. The molecule has 0 aliphatic rings. The van der Waals surface area contributed by atoms with Gasteiger partial charge in [-0.1, -0.05) is 67.2 Å². The zero-order chi connectivity index (χ0) is 17.0. The van der Waals surface area contributed by atoms with Crippen LogP contribution in [-0.4, -0.2) is 17.7 Å². The van der Waals surface area contributed by atoms with Crippen LogP contribution >= 0.6 is 11.8 Å². The fourth-order valence-corrected chi connectivity index (χ4v) is 2.66. The van der Waals surface area contributed by atoms with Gasteiger partial charge in [-0.3, -0.25) is 10.4 Å². The number of amides is 2. The van der Waals surface area contributed by atoms with Crippen molar-refractivity contribution in [2.75, 3.05) is 11.9 Å². The van der Waals surface area contributed by atoms with Crippen molar-refractivity contribution in [2.45, 2.75) is 19.1 Å². The predicted molar refractivity (Wildman–Crippen MR) is 102 cm³/mol. The summed E-state index contributed by atoms with van der Waals surface area (Å²) in [5.74, 6) is 0.790. The number of carbonyl (C=O) groups excluding carboxylic acids is 1. The number of hydrogen-bond acceptors (Lipinski definition) is 3. The number of thioether (sulfide) groups is 1. The summed E-state index contributed by atoms with van der Waals surface area (Å²) >= 11 is 1.56. The van der Waals surface area contributed by atoms with Crippen LogP contribution in [-0.2, 0) is 5.75 Å². The first-order valence-corrected chi connectivity index (χ1v) is 8.85. The fraction of sp³-hybridized carbons (Fsp3) is 0.222. The topological polar surface area (TPSA) is 65.5 Å². The van der Waals surface area contributed by atoms with E-state index in [0.717, 1.165) is 17.9 Å². The summed E-state index contributed by atoms with van der Waals surface area (Å²) in [6.45, 7) is 2.78. The molecule has 0 saturated carbocycles. The van der Waals surface area contributed by atoms with Gasteiger partial charge in [-0.2, -0.15) is 0 Å². The minimum Gasteiger partial charge on any atom is -0.307 e. The van der Waals surface area contributed by atoms with Crippen LogP contribution in [0.25, 0.3) is 0 Å². The van der Waals surface area contributed by atoms with E-state index in [1.807, 2.05) is 48.5 Å². The number of anilines is 1. The van der Waals surface area contributed by atoms with Crippen LogP contribution in [0.1, 0.15) is 18.9 Å². The highest BCUT2D eigenvalue weighted by atomic mass is 32.2. The van der Waals surface area contributed by atoms with Gasteiger partial charge in [-0.05, 0) is 24.1 Å². The molecule has 2 amide bonds. The average Bonchev–Trinajstić information content (AvgIpc) is 2.63. The van der Waals surface area contributed by atoms with Gasteiger partial charge in [0.05, 0.1) is 0 Å². The molecule has 2 rings (SSSR count). The number of para-hydroxylation sites is 1. The Kier molecular flexibility index (Phi) is 7.70. The molecular weight excluding hydrogens is 320 g/mol. The molecule has 5 nitrogen and oxygen atoms in total. The standard InChI is InChI=1S/C18H22N4OS/c1-2-13-19-18(24-14-15-9-5-3-6-10-15)22-21-17(23)20-16-11-7-4-8-12-16/h3-12H,2,13-14H2,1H3,(H,19,22)(H2,20,21,23). The SMILES string of the molecule is CCCN=C(NNC(=O)Nc1ccccc1)SCc1ccccc1. The van der Waals surface area contributed by atoms with Crippen LogP contribution in [0.3, 0.4) is 0 Å². The molecule has 0 aromatic heterocycles. The lowest BCUT2D eigenvalue weighted by atomic mass is 10.2. The Bertz CT molecular complexity index is 647. The summed E-state index contributed by atoms with van der Waals surface area (Å²) in [4.78, 5) is 16.4. The Balaban J connectivity index is 1.83. The lowest BCUT2D eigenvalue weighted by Gasteiger charge is -2.12. The van der Waals surface area contributed by atoms with E-state index in [2.05, 4.69) is 40.2 Å². The Morgan fingerprint density at radius 3 is 2.33 bits per heavy atom. The number of carbonyl (C=O) groups is 1. The maximum atomic E-state index is 11.9. The summed E-state index contributed by atoms with van der Waals surface area (Å²) < 4.78 is 0. The van der Waals surface area contributed by atoms with Gasteiger partial charge in [0.1, 0.15) is 0 Å². The molecule has 2 aromatic carbocycles. The van der Waals surface area contributed by atoms with Crippen molar-refractivity contribution in [3.05, 3.63) is 66.2 Å². The highest BCUT2D eigenvalue weighted by Crippen LogP contribution is 2.12. The lowest BCUT2D eigenvalue weighted by Crippen LogP contribution is -2.43. The zero-order valence-electron chi connectivity index (χ0n) is 13.7. The van der Waals surface area contributed by atoms with Crippen molar-refractivity contribution in [3.8, 4) is 0 Å². The third-order valence-electron chi connectivity index (χ3n) is 3.01. The number of hydrogen-bond donors (Lipinski definition) is 3. The molecule has 24 heavy (non-hydrogen) atoms. The van der Waals surface area contributed by atoms with Gasteiger partial charge in [0.2, 0.25) is 0 Å². The number of hydrazine groups is 1. The molecule has 0 spiro atoms. The Hall–Kier alpha value is -2.47. The number of nitrogens with zero attached hydrogens (tertiary/aromatic N) is 1. The van der Waals surface area contributed by atoms with Gasteiger partial charge >= 0.3 is 6.03 Å². The van der Waals surface area contributed by atoms with Crippen LogP contribution < -0.4 is 16.2 Å². The first-order chi connectivity index (χ1) is 11.8. The lowest BCUT2D eigenvalue weighted by molar-refractivity contribution is 0.250. The summed E-state index contributed by atoms with van der Waals surface area (Å²) in [5, 5.41) is 3.45. The van der Waals surface area contributed by atoms with Gasteiger partial charge in [-0.15, -0.1) is 0 Å². The van der Waals surface area contributed by atoms with E-state index in [1.165, 1.54) is 5.56 Å². The van der Waals surface area contributed by atoms with E-state index in [9.17, 15) is 4.79 Å². The second-order valence-electron chi connectivity index (χ2n) is 5.03. The normalized spacial score (nSPS) is 11.0. The number of aliphatic imine (C=N–C) groups is 1. The molecule has 0 aliphatic heterocycles. The van der Waals surface area contributed by atoms with Gasteiger partial charge in [0.25, 0.3) is 0 Å². The molecule has 6 heteroatoms. The quantitative estimate of drug-likeness (QED) is 0.437. The van der Waals surface area contributed by atoms with Gasteiger partial charge in [0.15, 0.2) is 5.17 Å². The van der Waals surface area contributed by atoms with E-state index in [1.54, 1.807) is 11.8 Å². The van der Waals surface area contributed by atoms with Gasteiger partial charge in [0, 0.05) is 18.0 Å². The van der Waals surface area contributed by atoms with Gasteiger partial charge < -0.3 is 5.32 Å². The summed E-state index contributed by atoms with van der Waals surface area (Å²) in [7, 11) is 0.